The third-order valence-corrected chi connectivity index (χ3v) is 2.54. The Hall–Kier alpha value is -1.05. The van der Waals surface area contributed by atoms with Gasteiger partial charge < -0.3 is 4.74 Å². The van der Waals surface area contributed by atoms with E-state index in [0.29, 0.717) is 0 Å². The van der Waals surface area contributed by atoms with E-state index in [2.05, 4.69) is 19.9 Å². The van der Waals surface area contributed by atoms with Gasteiger partial charge in [-0.05, 0) is 23.5 Å². The second-order valence-electron chi connectivity index (χ2n) is 3.97. The summed E-state index contributed by atoms with van der Waals surface area (Å²) in [5, 5.41) is 0. The number of ether oxygens (including phenoxy) is 1. The molecule has 64 valence electrons. The van der Waals surface area contributed by atoms with Crippen molar-refractivity contribution in [2.75, 3.05) is 0 Å². The van der Waals surface area contributed by atoms with Crippen molar-refractivity contribution in [2.24, 2.45) is 5.41 Å². The Morgan fingerprint density at radius 1 is 1.58 bits per heavy atom. The Morgan fingerprint density at radius 2 is 2.33 bits per heavy atom. The van der Waals surface area contributed by atoms with Crippen LogP contribution in [-0.2, 0) is 9.53 Å². The number of allylic oxidation sites excluding steroid dienone is 1. The van der Waals surface area contributed by atoms with Gasteiger partial charge in [-0.15, -0.1) is 0 Å². The predicted molar refractivity (Wildman–Crippen MR) is 45.5 cm³/mol. The van der Waals surface area contributed by atoms with Gasteiger partial charge in [0.05, 0.1) is 0 Å². The molecule has 2 heteroatoms. The maximum atomic E-state index is 11.0. The average Bonchev–Trinajstić information content (AvgIpc) is 2.30. The summed E-state index contributed by atoms with van der Waals surface area (Å²) in [6.45, 7) is 4.27. The molecule has 0 aromatic carbocycles. The lowest BCUT2D eigenvalue weighted by Crippen LogP contribution is -2.25. The molecule has 0 bridgehead atoms. The van der Waals surface area contributed by atoms with E-state index in [1.807, 2.05) is 6.08 Å². The summed E-state index contributed by atoms with van der Waals surface area (Å²) in [4.78, 5) is 11.0. The van der Waals surface area contributed by atoms with Gasteiger partial charge in [0.1, 0.15) is 6.10 Å². The van der Waals surface area contributed by atoms with E-state index in [9.17, 15) is 4.79 Å². The summed E-state index contributed by atoms with van der Waals surface area (Å²) in [6, 6.07) is 0. The minimum Gasteiger partial charge on any atom is -0.450 e. The highest BCUT2D eigenvalue weighted by atomic mass is 16.5. The molecule has 0 aromatic rings. The highest BCUT2D eigenvalue weighted by Crippen LogP contribution is 2.40. The fourth-order valence-electron chi connectivity index (χ4n) is 1.76. The van der Waals surface area contributed by atoms with Gasteiger partial charge in [0, 0.05) is 6.08 Å². The lowest BCUT2D eigenvalue weighted by Gasteiger charge is -2.30. The molecule has 0 saturated heterocycles. The molecule has 0 fully saturated rings. The molecule has 0 amide bonds. The summed E-state index contributed by atoms with van der Waals surface area (Å²) in [7, 11) is 0. The van der Waals surface area contributed by atoms with Crippen LogP contribution < -0.4 is 0 Å². The van der Waals surface area contributed by atoms with E-state index in [1.54, 1.807) is 6.08 Å². The van der Waals surface area contributed by atoms with Crippen molar-refractivity contribution in [3.8, 4) is 0 Å². The second-order valence-corrected chi connectivity index (χ2v) is 3.97. The van der Waals surface area contributed by atoms with Gasteiger partial charge in [-0.1, -0.05) is 19.9 Å². The number of hydrogen-bond donors (Lipinski definition) is 0. The summed E-state index contributed by atoms with van der Waals surface area (Å²) in [5.74, 6) is -0.199. The Labute approximate surface area is 71.9 Å². The summed E-state index contributed by atoms with van der Waals surface area (Å²) in [6.07, 6.45) is 6.59. The van der Waals surface area contributed by atoms with Crippen LogP contribution in [0.4, 0.5) is 0 Å². The number of carbonyl (C=O) groups is 1. The molecule has 0 saturated carbocycles. The number of carbonyl (C=O) groups excluding carboxylic acids is 1. The van der Waals surface area contributed by atoms with Crippen molar-refractivity contribution in [1.29, 1.82) is 0 Å². The molecule has 0 N–H and O–H groups in total. The Kier molecular flexibility index (Phi) is 1.40. The average molecular weight is 164 g/mol. The van der Waals surface area contributed by atoms with Crippen molar-refractivity contribution in [3.05, 3.63) is 23.8 Å². The highest BCUT2D eigenvalue weighted by Gasteiger charge is 2.36. The lowest BCUT2D eigenvalue weighted by atomic mass is 9.75. The van der Waals surface area contributed by atoms with Crippen molar-refractivity contribution < 1.29 is 9.53 Å². The van der Waals surface area contributed by atoms with Crippen LogP contribution in [0.3, 0.4) is 0 Å². The molecule has 2 aliphatic rings. The zero-order chi connectivity index (χ0) is 8.77. The van der Waals surface area contributed by atoms with Gasteiger partial charge in [-0.3, -0.25) is 0 Å². The maximum absolute atomic E-state index is 11.0. The SMILES string of the molecule is CC1(C)CC=CC2OC(=O)C=C21. The molecule has 0 radical (unpaired) electrons. The third kappa shape index (κ3) is 0.986. The van der Waals surface area contributed by atoms with E-state index < -0.39 is 0 Å². The van der Waals surface area contributed by atoms with Crippen molar-refractivity contribution in [3.63, 3.8) is 0 Å². The van der Waals surface area contributed by atoms with Crippen molar-refractivity contribution >= 4 is 5.97 Å². The molecule has 1 atom stereocenters. The zero-order valence-corrected chi connectivity index (χ0v) is 7.33. The van der Waals surface area contributed by atoms with Gasteiger partial charge in [-0.25, -0.2) is 4.79 Å². The highest BCUT2D eigenvalue weighted by molar-refractivity contribution is 5.86. The molecule has 12 heavy (non-hydrogen) atoms. The van der Waals surface area contributed by atoms with E-state index in [0.717, 1.165) is 12.0 Å². The minimum absolute atomic E-state index is 0.0822. The maximum Gasteiger partial charge on any atom is 0.331 e. The van der Waals surface area contributed by atoms with E-state index in [-0.39, 0.29) is 17.5 Å². The first-order valence-corrected chi connectivity index (χ1v) is 4.19. The normalized spacial score (nSPS) is 31.0. The summed E-state index contributed by atoms with van der Waals surface area (Å²) < 4.78 is 5.08. The summed E-state index contributed by atoms with van der Waals surface area (Å²) in [5.41, 5.74) is 1.21. The van der Waals surface area contributed by atoms with Crippen LogP contribution in [0.25, 0.3) is 0 Å². The molecule has 1 heterocycles. The van der Waals surface area contributed by atoms with Crippen LogP contribution in [-0.4, -0.2) is 12.1 Å². The first-order chi connectivity index (χ1) is 5.59. The topological polar surface area (TPSA) is 26.3 Å². The lowest BCUT2D eigenvalue weighted by molar-refractivity contribution is -0.137. The van der Waals surface area contributed by atoms with Gasteiger partial charge in [-0.2, -0.15) is 0 Å². The first-order valence-electron chi connectivity index (χ1n) is 4.19. The third-order valence-electron chi connectivity index (χ3n) is 2.54. The number of fused-ring (bicyclic) bond motifs is 1. The Balaban J connectivity index is 2.41. The second kappa shape index (κ2) is 2.22. The Bertz CT molecular complexity index is 284. The van der Waals surface area contributed by atoms with E-state index in [4.69, 9.17) is 4.74 Å². The molecular weight excluding hydrogens is 152 g/mol. The van der Waals surface area contributed by atoms with Crippen LogP contribution in [0.2, 0.25) is 0 Å². The van der Waals surface area contributed by atoms with Crippen LogP contribution in [0.15, 0.2) is 23.8 Å². The van der Waals surface area contributed by atoms with Gasteiger partial charge in [0.25, 0.3) is 0 Å². The van der Waals surface area contributed by atoms with Crippen LogP contribution in [0.5, 0.6) is 0 Å². The molecule has 1 aliphatic heterocycles. The van der Waals surface area contributed by atoms with Crippen LogP contribution in [0, 0.1) is 5.41 Å². The van der Waals surface area contributed by atoms with Crippen molar-refractivity contribution in [2.45, 2.75) is 26.4 Å². The molecule has 1 unspecified atom stereocenters. The van der Waals surface area contributed by atoms with Crippen LogP contribution in [0.1, 0.15) is 20.3 Å². The smallest absolute Gasteiger partial charge is 0.331 e. The fraction of sp³-hybridized carbons (Fsp3) is 0.500. The van der Waals surface area contributed by atoms with E-state index in [1.165, 1.54) is 0 Å². The fourth-order valence-corrected chi connectivity index (χ4v) is 1.76. The monoisotopic (exact) mass is 164 g/mol. The molecule has 0 spiro atoms. The summed E-state index contributed by atoms with van der Waals surface area (Å²) >= 11 is 0. The van der Waals surface area contributed by atoms with Crippen molar-refractivity contribution in [1.82, 2.24) is 0 Å². The van der Waals surface area contributed by atoms with Gasteiger partial charge in [0.15, 0.2) is 0 Å². The quantitative estimate of drug-likeness (QED) is 0.403. The van der Waals surface area contributed by atoms with E-state index >= 15 is 0 Å². The van der Waals surface area contributed by atoms with Gasteiger partial charge >= 0.3 is 5.97 Å². The Morgan fingerprint density at radius 3 is 3.00 bits per heavy atom. The number of rotatable bonds is 0. The van der Waals surface area contributed by atoms with Gasteiger partial charge in [0.2, 0.25) is 0 Å². The molecule has 2 nitrogen and oxygen atoms in total. The molecule has 1 aliphatic carbocycles. The largest absolute Gasteiger partial charge is 0.450 e. The minimum atomic E-state index is -0.199. The number of hydrogen-bond acceptors (Lipinski definition) is 2. The number of esters is 1. The van der Waals surface area contributed by atoms with Crippen LogP contribution >= 0.6 is 0 Å². The molecule has 0 aromatic heterocycles. The molecule has 2 rings (SSSR count). The predicted octanol–water partition coefficient (Wildman–Crippen LogP) is 1.82. The first kappa shape index (κ1) is 7.59. The zero-order valence-electron chi connectivity index (χ0n) is 7.33. The molecular formula is C10H12O2. The standard InChI is InChI=1S/C10H12O2/c1-10(2)5-3-4-8-7(10)6-9(11)12-8/h3-4,6,8H,5H2,1-2H3.